The molecule has 1 saturated carbocycles. The monoisotopic (exact) mass is 132 g/mol. The molecule has 0 radical (unpaired) electrons. The molecule has 0 unspecified atom stereocenters. The summed E-state index contributed by atoms with van der Waals surface area (Å²) in [4.78, 5) is 0. The SMILES string of the molecule is C#C[C@@H]1CCC[C@H](C#C)C1. The maximum atomic E-state index is 5.30. The third kappa shape index (κ3) is 1.55. The Labute approximate surface area is 63.0 Å². The molecule has 0 heterocycles. The maximum absolute atomic E-state index is 5.30. The summed E-state index contributed by atoms with van der Waals surface area (Å²) in [7, 11) is 0. The Balaban J connectivity index is 2.43. The van der Waals surface area contributed by atoms with Gasteiger partial charge in [0.05, 0.1) is 0 Å². The van der Waals surface area contributed by atoms with Gasteiger partial charge in [-0.05, 0) is 19.3 Å². The summed E-state index contributed by atoms with van der Waals surface area (Å²) in [6.45, 7) is 0. The van der Waals surface area contributed by atoms with Gasteiger partial charge in [-0.2, -0.15) is 0 Å². The minimum Gasteiger partial charge on any atom is -0.120 e. The Hall–Kier alpha value is -0.880. The second kappa shape index (κ2) is 3.33. The van der Waals surface area contributed by atoms with E-state index in [0.717, 1.165) is 6.42 Å². The van der Waals surface area contributed by atoms with Crippen LogP contribution in [0.1, 0.15) is 25.7 Å². The molecule has 0 heteroatoms. The quantitative estimate of drug-likeness (QED) is 0.442. The van der Waals surface area contributed by atoms with Gasteiger partial charge in [0.2, 0.25) is 0 Å². The fourth-order valence-corrected chi connectivity index (χ4v) is 1.49. The van der Waals surface area contributed by atoms with E-state index in [0.29, 0.717) is 11.8 Å². The molecule has 0 amide bonds. The second-order valence-electron chi connectivity index (χ2n) is 2.89. The van der Waals surface area contributed by atoms with Crippen LogP contribution in [0, 0.1) is 36.5 Å². The highest BCUT2D eigenvalue weighted by Crippen LogP contribution is 2.27. The molecular weight excluding hydrogens is 120 g/mol. The predicted octanol–water partition coefficient (Wildman–Crippen LogP) is 2.06. The molecule has 0 saturated heterocycles. The Morgan fingerprint density at radius 3 is 1.90 bits per heavy atom. The van der Waals surface area contributed by atoms with Crippen LogP contribution in [0.4, 0.5) is 0 Å². The third-order valence-electron chi connectivity index (χ3n) is 2.15. The van der Waals surface area contributed by atoms with Crippen molar-refractivity contribution in [3.05, 3.63) is 0 Å². The van der Waals surface area contributed by atoms with E-state index in [9.17, 15) is 0 Å². The first kappa shape index (κ1) is 7.23. The maximum Gasteiger partial charge on any atom is 0.0212 e. The summed E-state index contributed by atoms with van der Waals surface area (Å²) in [6.07, 6.45) is 15.2. The molecule has 52 valence electrons. The van der Waals surface area contributed by atoms with E-state index in [4.69, 9.17) is 12.8 Å². The lowest BCUT2D eigenvalue weighted by molar-refractivity contribution is 0.370. The largest absolute Gasteiger partial charge is 0.120 e. The summed E-state index contributed by atoms with van der Waals surface area (Å²) in [5.74, 6) is 6.45. The molecule has 0 spiro atoms. The standard InChI is InChI=1S/C10H12/c1-3-9-6-5-7-10(4-2)8-9/h1-2,9-10H,5-8H2/t9-,10+. The van der Waals surface area contributed by atoms with Gasteiger partial charge in [-0.1, -0.05) is 6.42 Å². The van der Waals surface area contributed by atoms with Crippen LogP contribution < -0.4 is 0 Å². The normalized spacial score (nSPS) is 32.2. The van der Waals surface area contributed by atoms with E-state index < -0.39 is 0 Å². The van der Waals surface area contributed by atoms with Gasteiger partial charge in [0, 0.05) is 11.8 Å². The van der Waals surface area contributed by atoms with Crippen LogP contribution in [-0.4, -0.2) is 0 Å². The van der Waals surface area contributed by atoms with Crippen molar-refractivity contribution in [1.29, 1.82) is 0 Å². The molecule has 1 aliphatic carbocycles. The fraction of sp³-hybridized carbons (Fsp3) is 0.600. The minimum atomic E-state index is 0.454. The van der Waals surface area contributed by atoms with E-state index in [1.54, 1.807) is 0 Å². The van der Waals surface area contributed by atoms with Gasteiger partial charge in [-0.3, -0.25) is 0 Å². The summed E-state index contributed by atoms with van der Waals surface area (Å²) in [5.41, 5.74) is 0. The molecule has 0 aromatic heterocycles. The summed E-state index contributed by atoms with van der Waals surface area (Å²) in [5, 5.41) is 0. The molecule has 1 fully saturated rings. The minimum absolute atomic E-state index is 0.454. The predicted molar refractivity (Wildman–Crippen MR) is 43.1 cm³/mol. The lowest BCUT2D eigenvalue weighted by Gasteiger charge is -2.21. The summed E-state index contributed by atoms with van der Waals surface area (Å²) < 4.78 is 0. The zero-order valence-corrected chi connectivity index (χ0v) is 6.14. The van der Waals surface area contributed by atoms with Crippen LogP contribution in [0.5, 0.6) is 0 Å². The van der Waals surface area contributed by atoms with Crippen LogP contribution in [-0.2, 0) is 0 Å². The number of hydrogen-bond acceptors (Lipinski definition) is 0. The molecular formula is C10H12. The van der Waals surface area contributed by atoms with Gasteiger partial charge in [0.25, 0.3) is 0 Å². The Morgan fingerprint density at radius 2 is 1.50 bits per heavy atom. The van der Waals surface area contributed by atoms with Gasteiger partial charge in [-0.15, -0.1) is 24.7 Å². The fourth-order valence-electron chi connectivity index (χ4n) is 1.49. The Kier molecular flexibility index (Phi) is 2.41. The zero-order chi connectivity index (χ0) is 7.40. The Morgan fingerprint density at radius 1 is 1.00 bits per heavy atom. The number of terminal acetylenes is 2. The van der Waals surface area contributed by atoms with Crippen LogP contribution in [0.25, 0.3) is 0 Å². The van der Waals surface area contributed by atoms with Crippen molar-refractivity contribution >= 4 is 0 Å². The van der Waals surface area contributed by atoms with Crippen LogP contribution >= 0.6 is 0 Å². The molecule has 0 aromatic carbocycles. The van der Waals surface area contributed by atoms with Gasteiger partial charge < -0.3 is 0 Å². The van der Waals surface area contributed by atoms with Gasteiger partial charge in [0.15, 0.2) is 0 Å². The van der Waals surface area contributed by atoms with Crippen LogP contribution in [0.15, 0.2) is 0 Å². The molecule has 10 heavy (non-hydrogen) atoms. The molecule has 0 bridgehead atoms. The van der Waals surface area contributed by atoms with Crippen molar-refractivity contribution in [2.24, 2.45) is 11.8 Å². The van der Waals surface area contributed by atoms with Crippen molar-refractivity contribution in [1.82, 2.24) is 0 Å². The van der Waals surface area contributed by atoms with Crippen molar-refractivity contribution in [2.75, 3.05) is 0 Å². The highest BCUT2D eigenvalue weighted by Gasteiger charge is 2.17. The van der Waals surface area contributed by atoms with E-state index in [1.807, 2.05) is 0 Å². The first-order valence-corrected chi connectivity index (χ1v) is 3.79. The molecule has 2 atom stereocenters. The van der Waals surface area contributed by atoms with Crippen LogP contribution in [0.3, 0.4) is 0 Å². The van der Waals surface area contributed by atoms with E-state index in [-0.39, 0.29) is 0 Å². The van der Waals surface area contributed by atoms with Crippen molar-refractivity contribution < 1.29 is 0 Å². The number of hydrogen-bond donors (Lipinski definition) is 0. The van der Waals surface area contributed by atoms with E-state index >= 15 is 0 Å². The highest BCUT2D eigenvalue weighted by atomic mass is 14.2. The Bertz CT molecular complexity index is 157. The molecule has 0 nitrogen and oxygen atoms in total. The average molecular weight is 132 g/mol. The van der Waals surface area contributed by atoms with Crippen molar-refractivity contribution in [3.8, 4) is 24.7 Å². The second-order valence-corrected chi connectivity index (χ2v) is 2.89. The molecule has 1 aliphatic rings. The molecule has 0 aliphatic heterocycles. The van der Waals surface area contributed by atoms with Crippen molar-refractivity contribution in [3.63, 3.8) is 0 Å². The average Bonchev–Trinajstić information content (AvgIpc) is 2.05. The first-order valence-electron chi connectivity index (χ1n) is 3.79. The smallest absolute Gasteiger partial charge is 0.0212 e. The van der Waals surface area contributed by atoms with E-state index in [2.05, 4.69) is 11.8 Å². The molecule has 0 aromatic rings. The van der Waals surface area contributed by atoms with Gasteiger partial charge >= 0.3 is 0 Å². The lowest BCUT2D eigenvalue weighted by atomic mass is 9.82. The lowest BCUT2D eigenvalue weighted by Crippen LogP contribution is -2.12. The summed E-state index contributed by atoms with van der Waals surface area (Å²) in [6, 6.07) is 0. The van der Waals surface area contributed by atoms with Crippen LogP contribution in [0.2, 0.25) is 0 Å². The molecule has 1 rings (SSSR count). The van der Waals surface area contributed by atoms with Crippen molar-refractivity contribution in [2.45, 2.75) is 25.7 Å². The van der Waals surface area contributed by atoms with Gasteiger partial charge in [0.1, 0.15) is 0 Å². The van der Waals surface area contributed by atoms with E-state index in [1.165, 1.54) is 19.3 Å². The topological polar surface area (TPSA) is 0 Å². The third-order valence-corrected chi connectivity index (χ3v) is 2.15. The zero-order valence-electron chi connectivity index (χ0n) is 6.14. The highest BCUT2D eigenvalue weighted by molar-refractivity contribution is 5.02. The molecule has 0 N–H and O–H groups in total. The number of rotatable bonds is 0. The van der Waals surface area contributed by atoms with Gasteiger partial charge in [-0.25, -0.2) is 0 Å². The first-order chi connectivity index (χ1) is 4.86. The summed E-state index contributed by atoms with van der Waals surface area (Å²) >= 11 is 0.